The van der Waals surface area contributed by atoms with Crippen LogP contribution in [-0.2, 0) is 99.6 Å². The lowest BCUT2D eigenvalue weighted by molar-refractivity contribution is -0.395. The quantitative estimate of drug-likeness (QED) is 0.0318. The van der Waals surface area contributed by atoms with E-state index in [9.17, 15) is 163 Å². The highest BCUT2D eigenvalue weighted by molar-refractivity contribution is 5.73. The first kappa shape index (κ1) is 96.2. The van der Waals surface area contributed by atoms with E-state index in [4.69, 9.17) is 90.0 Å². The molecule has 0 aromatic rings. The summed E-state index contributed by atoms with van der Waals surface area (Å²) in [5.74, 6) is -1.74. The summed E-state index contributed by atoms with van der Waals surface area (Å²) in [5.41, 5.74) is 0. The number of ether oxygens (including phenoxy) is 19. The van der Waals surface area contributed by atoms with Crippen LogP contribution in [0.4, 0.5) is 0 Å². The summed E-state index contributed by atoms with van der Waals surface area (Å²) in [5, 5.41) is 335. The minimum Gasteiger partial charge on any atom is -0.394 e. The van der Waals surface area contributed by atoms with E-state index in [-0.39, 0.29) is 0 Å². The Hall–Kier alpha value is -3.02. The summed E-state index contributed by atoms with van der Waals surface area (Å²) in [6, 6.07) is -3.58. The molecular formula is C64H108N2O51. The van der Waals surface area contributed by atoms with Crippen LogP contribution in [0, 0.1) is 0 Å². The van der Waals surface area contributed by atoms with Gasteiger partial charge in [0.15, 0.2) is 62.9 Å². The Morgan fingerprint density at radius 3 is 0.786 bits per heavy atom. The zero-order chi connectivity index (χ0) is 85.9. The van der Waals surface area contributed by atoms with E-state index in [0.717, 1.165) is 13.8 Å². The molecule has 10 aliphatic rings. The van der Waals surface area contributed by atoms with Gasteiger partial charge in [-0.15, -0.1) is 0 Å². The molecule has 0 radical (unpaired) electrons. The van der Waals surface area contributed by atoms with Crippen LogP contribution in [0.25, 0.3) is 0 Å². The third-order valence-corrected chi connectivity index (χ3v) is 21.6. The molecule has 53 heteroatoms. The third-order valence-electron chi connectivity index (χ3n) is 21.6. The van der Waals surface area contributed by atoms with Gasteiger partial charge >= 0.3 is 0 Å². The van der Waals surface area contributed by atoms with Crippen molar-refractivity contribution in [2.45, 2.75) is 321 Å². The second-order valence-electron chi connectivity index (χ2n) is 29.5. The van der Waals surface area contributed by atoms with Gasteiger partial charge in [0.2, 0.25) is 11.8 Å². The molecule has 10 aliphatic heterocycles. The van der Waals surface area contributed by atoms with Gasteiger partial charge in [0.1, 0.15) is 244 Å². The SMILES string of the molecule is CC(=O)N[C@@H]1[C@@H](O)[C@H](O[C@@H]2O[C@H](CO)[C@@H](O[C@@H]3O[C@H](CO[C@H]4O[C@H](CO[C@H]5O[C@H](CO)[C@@H](O[C@@H]6O[C@H](CO)[C@@H](O)[C@H](O)[C@H]6O)[C@H](O)[C@@H]5O)[C@@H](O)[C@H](O[C@H]5O[C@H](CO)[C@@H](O[C@@H]6O[C@H](CO)[C@@H](O)[C@H](O)[C@H]6O)[C@H](O)[C@@H]5O)[C@@H]4O)[C@@H](O)[C@H](O[C@H]4O[C@H](CO)[C@@H](O[C@@H]5O[C@H](CO)[C@@H](O)[C@H](O)[C@H]5O)[C@H](O)[C@@H]4O)[C@@H]3O)[C@H](O)[C@H]2NC(C)=O)[C@@H](CO)O[C@H]1O. The topological polar surface area (TPSA) is 840 Å². The zero-order valence-electron chi connectivity index (χ0n) is 61.9. The van der Waals surface area contributed by atoms with Crippen LogP contribution in [0.3, 0.4) is 0 Å². The number of amides is 2. The van der Waals surface area contributed by atoms with Crippen molar-refractivity contribution in [2.24, 2.45) is 0 Å². The molecule has 0 saturated carbocycles. The molecule has 117 heavy (non-hydrogen) atoms. The Morgan fingerprint density at radius 2 is 0.444 bits per heavy atom. The first-order chi connectivity index (χ1) is 55.4. The average Bonchev–Trinajstić information content (AvgIpc) is 0.775. The minimum absolute atomic E-state index is 0.793. The summed E-state index contributed by atoms with van der Waals surface area (Å²) < 4.78 is 110. The fourth-order valence-corrected chi connectivity index (χ4v) is 15.1. The van der Waals surface area contributed by atoms with Crippen LogP contribution in [0.5, 0.6) is 0 Å². The molecule has 680 valence electrons. The lowest BCUT2D eigenvalue weighted by atomic mass is 9.94. The molecule has 0 aliphatic carbocycles. The average molecular weight is 1720 g/mol. The summed E-state index contributed by atoms with van der Waals surface area (Å²) in [7, 11) is 0. The zero-order valence-corrected chi connectivity index (χ0v) is 61.9. The number of hydrogen-bond donors (Lipinski definition) is 32. The molecule has 53 nitrogen and oxygen atoms in total. The van der Waals surface area contributed by atoms with Crippen LogP contribution >= 0.6 is 0 Å². The van der Waals surface area contributed by atoms with Crippen LogP contribution in [0.2, 0.25) is 0 Å². The fourth-order valence-electron chi connectivity index (χ4n) is 15.1. The van der Waals surface area contributed by atoms with Crippen molar-refractivity contribution in [3.8, 4) is 0 Å². The molecule has 32 N–H and O–H groups in total. The summed E-state index contributed by atoms with van der Waals surface area (Å²) in [4.78, 5) is 25.1. The molecular weight excluding hydrogens is 1610 g/mol. The Bertz CT molecular complexity index is 3040. The number of aliphatic hydroxyl groups excluding tert-OH is 30. The molecule has 50 atom stereocenters. The van der Waals surface area contributed by atoms with Crippen molar-refractivity contribution >= 4 is 11.8 Å². The Balaban J connectivity index is 0.945. The van der Waals surface area contributed by atoms with Gasteiger partial charge in [-0.1, -0.05) is 0 Å². The molecule has 10 rings (SSSR count). The second-order valence-corrected chi connectivity index (χ2v) is 29.5. The largest absolute Gasteiger partial charge is 0.394 e. The van der Waals surface area contributed by atoms with E-state index < -0.39 is 385 Å². The van der Waals surface area contributed by atoms with Gasteiger partial charge in [-0.2, -0.15) is 0 Å². The summed E-state index contributed by atoms with van der Waals surface area (Å²) >= 11 is 0. The van der Waals surface area contributed by atoms with Gasteiger partial charge in [0, 0.05) is 13.8 Å². The predicted molar refractivity (Wildman–Crippen MR) is 353 cm³/mol. The van der Waals surface area contributed by atoms with E-state index in [1.54, 1.807) is 0 Å². The lowest BCUT2D eigenvalue weighted by Gasteiger charge is -2.50. The smallest absolute Gasteiger partial charge is 0.217 e. The van der Waals surface area contributed by atoms with Crippen molar-refractivity contribution < 1.29 is 253 Å². The normalized spacial score (nSPS) is 51.5. The van der Waals surface area contributed by atoms with Crippen molar-refractivity contribution in [3.63, 3.8) is 0 Å². The van der Waals surface area contributed by atoms with Gasteiger partial charge in [-0.3, -0.25) is 9.59 Å². The Morgan fingerprint density at radius 1 is 0.222 bits per heavy atom. The Labute approximate surface area is 660 Å². The maximum atomic E-state index is 13.0. The van der Waals surface area contributed by atoms with Crippen LogP contribution < -0.4 is 10.6 Å². The van der Waals surface area contributed by atoms with Crippen molar-refractivity contribution in [1.29, 1.82) is 0 Å². The van der Waals surface area contributed by atoms with Gasteiger partial charge in [0.05, 0.1) is 66.1 Å². The number of carbonyl (C=O) groups excluding carboxylic acids is 2. The van der Waals surface area contributed by atoms with Crippen LogP contribution in [0.15, 0.2) is 0 Å². The predicted octanol–water partition coefficient (Wildman–Crippen LogP) is -22.5. The van der Waals surface area contributed by atoms with E-state index in [1.807, 2.05) is 0 Å². The van der Waals surface area contributed by atoms with Gasteiger partial charge in [-0.25, -0.2) is 0 Å². The third kappa shape index (κ3) is 20.7. The van der Waals surface area contributed by atoms with Crippen LogP contribution in [0.1, 0.15) is 13.8 Å². The van der Waals surface area contributed by atoms with Gasteiger partial charge in [0.25, 0.3) is 0 Å². The van der Waals surface area contributed by atoms with Crippen molar-refractivity contribution in [1.82, 2.24) is 10.6 Å². The first-order valence-electron chi connectivity index (χ1n) is 37.2. The van der Waals surface area contributed by atoms with Gasteiger partial charge < -0.3 is 254 Å². The summed E-state index contributed by atoms with van der Waals surface area (Å²) in [6.45, 7) is -8.98. The minimum atomic E-state index is -2.54. The Kier molecular flexibility index (Phi) is 34.4. The van der Waals surface area contributed by atoms with E-state index in [0.29, 0.717) is 0 Å². The summed E-state index contributed by atoms with van der Waals surface area (Å²) in [6.07, 6.45) is -101. The molecule has 0 spiro atoms. The monoisotopic (exact) mass is 1720 g/mol. The number of rotatable bonds is 30. The highest BCUT2D eigenvalue weighted by atomic mass is 16.8. The molecule has 0 bridgehead atoms. The van der Waals surface area contributed by atoms with Crippen molar-refractivity contribution in [3.05, 3.63) is 0 Å². The van der Waals surface area contributed by atoms with Crippen LogP contribution in [-0.4, -0.2) is 538 Å². The standard InChI is InChI=1S/C64H108N2O51/c1-13(75)65-25-32(82)48(18(6-70)101-55(25)98)111-56-26(66-14(2)76)33(83)49(19(7-71)105-56)112-64-47(97)54(117-63-45(95)39(89)52(22(10-74)108-63)115-61-42(92)36(86)29(79)17(5-69)104-61)31(81)24(110-64)12-100-58-46(96)53(116-62-44(94)38(88)51(21(9-73)107-62)114-60-41(91)35(85)28(78)16(4-68)103-60)30(80)23(109-58)11-99-57-43(93)37(87)50(20(8-72)106-57)113-59-40(90)34(84)27(77)15(3-67)102-59/h15-64,67-74,77-98H,3-12H2,1-2H3,(H,65,75)(H,66,76)/t15-,16-,17-,18-,19-,20-,21-,22-,23-,24-,25-,26-,27-,28-,29-,30-,31-,32-,33-,34+,35+,36+,37-,38-,39-,40-,41-,42-,43+,44+,45+,46+,47+,48-,49-,50-,51-,52-,53+,54+,55-,56+,57+,58+,59+,60+,61+,62-,63-,64+/m1/s1. The molecule has 0 aromatic carbocycles. The first-order valence-corrected chi connectivity index (χ1v) is 37.2. The maximum Gasteiger partial charge on any atom is 0.217 e. The highest BCUT2D eigenvalue weighted by Crippen LogP contribution is 2.40. The molecule has 10 fully saturated rings. The number of hydrogen-bond acceptors (Lipinski definition) is 51. The van der Waals surface area contributed by atoms with Crippen molar-refractivity contribution in [2.75, 3.05) is 66.1 Å². The van der Waals surface area contributed by atoms with E-state index in [2.05, 4.69) is 10.6 Å². The fraction of sp³-hybridized carbons (Fsp3) is 0.969. The molecule has 0 unspecified atom stereocenters. The molecule has 10 saturated heterocycles. The number of carbonyl (C=O) groups is 2. The highest BCUT2D eigenvalue weighted by Gasteiger charge is 2.61. The van der Waals surface area contributed by atoms with E-state index >= 15 is 0 Å². The van der Waals surface area contributed by atoms with Gasteiger partial charge in [-0.05, 0) is 0 Å². The van der Waals surface area contributed by atoms with E-state index in [1.165, 1.54) is 0 Å². The number of aliphatic hydroxyl groups is 30. The second kappa shape index (κ2) is 41.9. The maximum absolute atomic E-state index is 13.0. The molecule has 0 aromatic heterocycles. The lowest BCUT2D eigenvalue weighted by Crippen LogP contribution is -2.70. The molecule has 10 heterocycles. The number of nitrogens with one attached hydrogen (secondary N) is 2. The molecule has 2 amide bonds.